The number of nitrogens with zero attached hydrogens (tertiary/aromatic N) is 5. The zero-order valence-electron chi connectivity index (χ0n) is 13.4. The molecule has 1 saturated heterocycles. The van der Waals surface area contributed by atoms with Crippen LogP contribution >= 0.6 is 0 Å². The Bertz CT molecular complexity index is 917. The van der Waals surface area contributed by atoms with Gasteiger partial charge in [-0.25, -0.2) is 13.8 Å². The van der Waals surface area contributed by atoms with Crippen molar-refractivity contribution in [2.45, 2.75) is 18.4 Å². The van der Waals surface area contributed by atoms with Crippen LogP contribution in [0, 0.1) is 0 Å². The van der Waals surface area contributed by atoms with Crippen LogP contribution in [0.15, 0.2) is 53.4 Å². The predicted octanol–water partition coefficient (Wildman–Crippen LogP) is 2.75. The Labute approximate surface area is 146 Å². The van der Waals surface area contributed by atoms with Gasteiger partial charge in [0.05, 0.1) is 12.7 Å². The molecule has 0 aliphatic carbocycles. The van der Waals surface area contributed by atoms with Crippen LogP contribution in [0.25, 0.3) is 11.4 Å². The average molecular weight is 357 g/mol. The molecule has 0 N–H and O–H groups in total. The van der Waals surface area contributed by atoms with Crippen molar-refractivity contribution in [3.8, 4) is 11.4 Å². The Morgan fingerprint density at radius 2 is 2.04 bits per heavy atom. The van der Waals surface area contributed by atoms with Gasteiger partial charge in [-0.05, 0) is 0 Å². The second kappa shape index (κ2) is 6.25. The van der Waals surface area contributed by atoms with Crippen molar-refractivity contribution in [1.82, 2.24) is 25.0 Å². The third-order valence-corrected chi connectivity index (χ3v) is 4.07. The van der Waals surface area contributed by atoms with Crippen LogP contribution < -0.4 is 0 Å². The average Bonchev–Trinajstić information content (AvgIpc) is 3.27. The lowest BCUT2D eigenvalue weighted by molar-refractivity contribution is 0.0116. The Kier molecular flexibility index (Phi) is 3.90. The number of hydrogen-bond donors (Lipinski definition) is 0. The molecule has 9 heteroatoms. The van der Waals surface area contributed by atoms with E-state index < -0.39 is 30.8 Å². The number of amides is 1. The standard InChI is InChI=1S/C17H13F2N5O2/c18-17(19)8-13(24(10-17)16(25)12-9-20-6-7-21-12)15-22-14(23-26-15)11-4-2-1-3-5-11/h1-7,9,13H,8,10H2/t13-/m0/s1. The van der Waals surface area contributed by atoms with Gasteiger partial charge in [0.25, 0.3) is 11.8 Å². The van der Waals surface area contributed by atoms with E-state index in [-0.39, 0.29) is 17.4 Å². The van der Waals surface area contributed by atoms with Gasteiger partial charge in [-0.3, -0.25) is 9.78 Å². The number of likely N-dealkylation sites (tertiary alicyclic amines) is 1. The van der Waals surface area contributed by atoms with Crippen LogP contribution in [0.2, 0.25) is 0 Å². The molecule has 0 spiro atoms. The van der Waals surface area contributed by atoms with Gasteiger partial charge >= 0.3 is 0 Å². The van der Waals surface area contributed by atoms with Gasteiger partial charge in [-0.2, -0.15) is 4.98 Å². The van der Waals surface area contributed by atoms with E-state index in [1.165, 1.54) is 18.6 Å². The summed E-state index contributed by atoms with van der Waals surface area (Å²) in [5.41, 5.74) is 0.678. The van der Waals surface area contributed by atoms with Gasteiger partial charge in [0.15, 0.2) is 0 Å². The number of hydrogen-bond acceptors (Lipinski definition) is 6. The highest BCUT2D eigenvalue weighted by Gasteiger charge is 2.50. The van der Waals surface area contributed by atoms with E-state index in [2.05, 4.69) is 20.1 Å². The number of carbonyl (C=O) groups is 1. The summed E-state index contributed by atoms with van der Waals surface area (Å²) in [5.74, 6) is -3.45. The molecule has 1 aromatic carbocycles. The Hall–Kier alpha value is -3.23. The number of halogens is 2. The molecule has 132 valence electrons. The molecule has 2 aromatic heterocycles. The van der Waals surface area contributed by atoms with Gasteiger partial charge in [0.1, 0.15) is 11.7 Å². The highest BCUT2D eigenvalue weighted by molar-refractivity contribution is 5.92. The van der Waals surface area contributed by atoms with Crippen LogP contribution in [-0.4, -0.2) is 43.4 Å². The lowest BCUT2D eigenvalue weighted by atomic mass is 10.2. The number of benzene rings is 1. The second-order valence-corrected chi connectivity index (χ2v) is 5.92. The topological polar surface area (TPSA) is 85.0 Å². The number of aromatic nitrogens is 4. The summed E-state index contributed by atoms with van der Waals surface area (Å²) in [6, 6.07) is 7.98. The van der Waals surface area contributed by atoms with Gasteiger partial charge in [-0.1, -0.05) is 35.5 Å². The third-order valence-electron chi connectivity index (χ3n) is 4.07. The maximum Gasteiger partial charge on any atom is 0.274 e. The summed E-state index contributed by atoms with van der Waals surface area (Å²) >= 11 is 0. The third kappa shape index (κ3) is 3.03. The molecular weight excluding hydrogens is 344 g/mol. The van der Waals surface area contributed by atoms with E-state index in [1.54, 1.807) is 24.3 Å². The smallest absolute Gasteiger partial charge is 0.274 e. The van der Waals surface area contributed by atoms with Gasteiger partial charge < -0.3 is 9.42 Å². The van der Waals surface area contributed by atoms with Crippen molar-refractivity contribution in [3.63, 3.8) is 0 Å². The monoisotopic (exact) mass is 357 g/mol. The van der Waals surface area contributed by atoms with Gasteiger partial charge in [0.2, 0.25) is 11.7 Å². The van der Waals surface area contributed by atoms with Gasteiger partial charge in [-0.15, -0.1) is 0 Å². The minimum Gasteiger partial charge on any atom is -0.337 e. The quantitative estimate of drug-likeness (QED) is 0.717. The first-order valence-electron chi connectivity index (χ1n) is 7.87. The SMILES string of the molecule is O=C(c1cnccn1)N1CC(F)(F)C[C@H]1c1nc(-c2ccccc2)no1. The number of carbonyl (C=O) groups excluding carboxylic acids is 1. The van der Waals surface area contributed by atoms with E-state index >= 15 is 0 Å². The van der Waals surface area contributed by atoms with Gasteiger partial charge in [0, 0.05) is 24.4 Å². The maximum atomic E-state index is 14.0. The van der Waals surface area contributed by atoms with Crippen molar-refractivity contribution in [2.24, 2.45) is 0 Å². The highest BCUT2D eigenvalue weighted by atomic mass is 19.3. The fraction of sp³-hybridized carbons (Fsp3) is 0.235. The zero-order chi connectivity index (χ0) is 18.1. The second-order valence-electron chi connectivity index (χ2n) is 5.92. The fourth-order valence-electron chi connectivity index (χ4n) is 2.88. The molecule has 0 unspecified atom stereocenters. The van der Waals surface area contributed by atoms with E-state index in [9.17, 15) is 13.6 Å². The molecule has 1 aliphatic heterocycles. The van der Waals surface area contributed by atoms with Crippen molar-refractivity contribution in [2.75, 3.05) is 6.54 Å². The lowest BCUT2D eigenvalue weighted by Crippen LogP contribution is -2.33. The molecule has 0 bridgehead atoms. The Balaban J connectivity index is 1.66. The molecule has 1 atom stereocenters. The van der Waals surface area contributed by atoms with Crippen LogP contribution in [0.5, 0.6) is 0 Å². The van der Waals surface area contributed by atoms with Crippen molar-refractivity contribution in [1.29, 1.82) is 0 Å². The molecular formula is C17H13F2N5O2. The first-order chi connectivity index (χ1) is 12.5. The van der Waals surface area contributed by atoms with Crippen LogP contribution in [0.4, 0.5) is 8.78 Å². The number of rotatable bonds is 3. The molecule has 0 saturated carbocycles. The molecule has 3 aromatic rings. The molecule has 26 heavy (non-hydrogen) atoms. The van der Waals surface area contributed by atoms with Crippen LogP contribution in [-0.2, 0) is 0 Å². The molecule has 4 rings (SSSR count). The van der Waals surface area contributed by atoms with E-state index in [0.717, 1.165) is 4.90 Å². The van der Waals surface area contributed by atoms with E-state index in [1.807, 2.05) is 6.07 Å². The Morgan fingerprint density at radius 3 is 2.77 bits per heavy atom. The summed E-state index contributed by atoms with van der Waals surface area (Å²) in [4.78, 5) is 25.5. The number of alkyl halides is 2. The summed E-state index contributed by atoms with van der Waals surface area (Å²) in [5, 5.41) is 3.85. The summed E-state index contributed by atoms with van der Waals surface area (Å²) in [6.07, 6.45) is 3.38. The molecule has 0 radical (unpaired) electrons. The van der Waals surface area contributed by atoms with E-state index in [4.69, 9.17) is 4.52 Å². The maximum absolute atomic E-state index is 14.0. The fourth-order valence-corrected chi connectivity index (χ4v) is 2.88. The summed E-state index contributed by atoms with van der Waals surface area (Å²) in [7, 11) is 0. The van der Waals surface area contributed by atoms with E-state index in [0.29, 0.717) is 5.56 Å². The first-order valence-corrected chi connectivity index (χ1v) is 7.87. The molecule has 3 heterocycles. The summed E-state index contributed by atoms with van der Waals surface area (Å²) < 4.78 is 33.2. The highest BCUT2D eigenvalue weighted by Crippen LogP contribution is 2.41. The Morgan fingerprint density at radius 1 is 1.23 bits per heavy atom. The summed E-state index contributed by atoms with van der Waals surface area (Å²) in [6.45, 7) is -0.740. The first kappa shape index (κ1) is 16.2. The lowest BCUT2D eigenvalue weighted by Gasteiger charge is -2.20. The molecule has 1 amide bonds. The van der Waals surface area contributed by atoms with Crippen LogP contribution in [0.3, 0.4) is 0 Å². The largest absolute Gasteiger partial charge is 0.337 e. The van der Waals surface area contributed by atoms with Crippen molar-refractivity contribution < 1.29 is 18.1 Å². The minimum atomic E-state index is -3.05. The van der Waals surface area contributed by atoms with Crippen molar-refractivity contribution in [3.05, 3.63) is 60.5 Å². The van der Waals surface area contributed by atoms with Crippen LogP contribution in [0.1, 0.15) is 28.8 Å². The minimum absolute atomic E-state index is 0.0157. The molecule has 1 aliphatic rings. The molecule has 7 nitrogen and oxygen atoms in total. The zero-order valence-corrected chi connectivity index (χ0v) is 13.4. The normalized spacial score (nSPS) is 18.8. The molecule has 1 fully saturated rings. The van der Waals surface area contributed by atoms with Crippen molar-refractivity contribution >= 4 is 5.91 Å². The predicted molar refractivity (Wildman–Crippen MR) is 85.1 cm³/mol.